The summed E-state index contributed by atoms with van der Waals surface area (Å²) >= 11 is 8.29. The summed E-state index contributed by atoms with van der Waals surface area (Å²) in [4.78, 5) is 21.7. The summed E-state index contributed by atoms with van der Waals surface area (Å²) in [6.45, 7) is 0. The first-order valence-corrected chi connectivity index (χ1v) is 9.46. The van der Waals surface area contributed by atoms with Gasteiger partial charge in [-0.1, -0.05) is 17.7 Å². The van der Waals surface area contributed by atoms with E-state index in [0.29, 0.717) is 16.3 Å². The summed E-state index contributed by atoms with van der Waals surface area (Å²) in [6.07, 6.45) is 0. The monoisotopic (exact) mass is 527 g/mol. The number of aromatic carboxylic acids is 1. The summed E-state index contributed by atoms with van der Waals surface area (Å²) in [5, 5.41) is 23.5. The van der Waals surface area contributed by atoms with Crippen LogP contribution in [-0.4, -0.2) is 16.0 Å². The van der Waals surface area contributed by atoms with E-state index in [1.54, 1.807) is 18.2 Å². The number of rotatable bonds is 5. The molecule has 29 heavy (non-hydrogen) atoms. The fourth-order valence-electron chi connectivity index (χ4n) is 2.70. The largest absolute Gasteiger partial charge is 0.478 e. The summed E-state index contributed by atoms with van der Waals surface area (Å²) < 4.78 is 15.7. The molecule has 0 spiro atoms. The molecular formula is C19H12ClFIN3O4. The van der Waals surface area contributed by atoms with Gasteiger partial charge in [0.25, 0.3) is 5.69 Å². The molecule has 0 aromatic heterocycles. The third kappa shape index (κ3) is 4.40. The molecule has 0 saturated carbocycles. The molecule has 3 aromatic carbocycles. The second kappa shape index (κ2) is 8.21. The van der Waals surface area contributed by atoms with Crippen molar-refractivity contribution in [2.45, 2.75) is 0 Å². The van der Waals surface area contributed by atoms with Gasteiger partial charge in [0.15, 0.2) is 5.82 Å². The smallest absolute Gasteiger partial charge is 0.337 e. The van der Waals surface area contributed by atoms with Gasteiger partial charge in [0.1, 0.15) is 0 Å². The Labute approximate surface area is 182 Å². The molecule has 0 atom stereocenters. The fourth-order valence-corrected chi connectivity index (χ4v) is 3.61. The number of halogens is 3. The lowest BCUT2D eigenvalue weighted by Gasteiger charge is -2.15. The molecule has 0 amide bonds. The average molecular weight is 528 g/mol. The number of carbonyl (C=O) groups is 1. The molecule has 0 bridgehead atoms. The van der Waals surface area contributed by atoms with E-state index in [2.05, 4.69) is 27.9 Å². The van der Waals surface area contributed by atoms with Crippen molar-refractivity contribution in [2.75, 3.05) is 11.1 Å². The Morgan fingerprint density at radius 1 is 1.21 bits per heavy atom. The van der Waals surface area contributed by atoms with Crippen molar-refractivity contribution >= 4 is 62.9 Å². The van der Waals surface area contributed by atoms with Crippen molar-refractivity contribution in [1.29, 1.82) is 0 Å². The van der Waals surface area contributed by atoms with Gasteiger partial charge >= 0.3 is 5.97 Å². The van der Waals surface area contributed by atoms with Crippen molar-refractivity contribution in [3.63, 3.8) is 0 Å². The molecule has 0 unspecified atom stereocenters. The first kappa shape index (κ1) is 20.8. The predicted molar refractivity (Wildman–Crippen MR) is 117 cm³/mol. The molecule has 10 heteroatoms. The zero-order chi connectivity index (χ0) is 21.3. The van der Waals surface area contributed by atoms with Crippen molar-refractivity contribution in [1.82, 2.24) is 0 Å². The summed E-state index contributed by atoms with van der Waals surface area (Å²) in [7, 11) is 0. The molecule has 3 rings (SSSR count). The maximum atomic E-state index is 14.8. The molecule has 4 N–H and O–H groups in total. The van der Waals surface area contributed by atoms with E-state index in [4.69, 9.17) is 22.4 Å². The van der Waals surface area contributed by atoms with E-state index in [-0.39, 0.29) is 22.5 Å². The molecule has 0 aliphatic carbocycles. The number of nitrogens with two attached hydrogens (primary N) is 1. The lowest BCUT2D eigenvalue weighted by molar-refractivity contribution is -0.385. The lowest BCUT2D eigenvalue weighted by atomic mass is 9.99. The Morgan fingerprint density at radius 2 is 1.93 bits per heavy atom. The number of non-ortho nitro benzene ring substituents is 1. The Kier molecular flexibility index (Phi) is 5.89. The number of hydrogen-bond donors (Lipinski definition) is 3. The molecule has 3 aromatic rings. The van der Waals surface area contributed by atoms with Crippen LogP contribution in [0.3, 0.4) is 0 Å². The van der Waals surface area contributed by atoms with Crippen LogP contribution in [0.15, 0.2) is 48.5 Å². The fraction of sp³-hybridized carbons (Fsp3) is 0. The Bertz CT molecular complexity index is 1160. The van der Waals surface area contributed by atoms with Gasteiger partial charge in [0.05, 0.1) is 33.0 Å². The topological polar surface area (TPSA) is 118 Å². The number of nitrogen functional groups attached to an aromatic ring is 1. The van der Waals surface area contributed by atoms with Gasteiger partial charge < -0.3 is 16.2 Å². The molecule has 0 heterocycles. The highest BCUT2D eigenvalue weighted by Gasteiger charge is 2.20. The van der Waals surface area contributed by atoms with Crippen LogP contribution in [0.1, 0.15) is 10.4 Å². The minimum absolute atomic E-state index is 0.0545. The zero-order valence-corrected chi connectivity index (χ0v) is 17.4. The van der Waals surface area contributed by atoms with Crippen molar-refractivity contribution in [2.24, 2.45) is 0 Å². The summed E-state index contributed by atoms with van der Waals surface area (Å²) in [5.41, 5.74) is 5.93. The summed E-state index contributed by atoms with van der Waals surface area (Å²) in [6, 6.07) is 11.0. The average Bonchev–Trinajstić information content (AvgIpc) is 2.64. The minimum Gasteiger partial charge on any atom is -0.478 e. The quantitative estimate of drug-likeness (QED) is 0.170. The van der Waals surface area contributed by atoms with Crippen LogP contribution in [0.5, 0.6) is 0 Å². The van der Waals surface area contributed by atoms with Crippen LogP contribution < -0.4 is 11.1 Å². The van der Waals surface area contributed by atoms with Crippen LogP contribution in [0.2, 0.25) is 5.02 Å². The maximum Gasteiger partial charge on any atom is 0.337 e. The Hall–Kier alpha value is -2.92. The van der Waals surface area contributed by atoms with E-state index >= 15 is 0 Å². The standard InChI is InChI=1S/C19H12ClFIN3O4/c20-14-6-10(22)2-4-17(14)24-18-13(7-11(25(28)29)8-15(18)21)9-1-3-12(19(26)27)16(23)5-9/h1-8,24H,23H2,(H,26,27). The predicted octanol–water partition coefficient (Wildman–Crippen LogP) is 5.68. The molecule has 0 fully saturated rings. The van der Waals surface area contributed by atoms with Crippen molar-refractivity contribution < 1.29 is 19.2 Å². The summed E-state index contributed by atoms with van der Waals surface area (Å²) in [5.74, 6) is -2.09. The molecule has 7 nitrogen and oxygen atoms in total. The number of hydrogen-bond acceptors (Lipinski definition) is 5. The number of anilines is 3. The Morgan fingerprint density at radius 3 is 2.52 bits per heavy atom. The van der Waals surface area contributed by atoms with Crippen LogP contribution >= 0.6 is 34.2 Å². The molecular weight excluding hydrogens is 516 g/mol. The second-order valence-electron chi connectivity index (χ2n) is 5.96. The van der Waals surface area contributed by atoms with Crippen molar-refractivity contribution in [3.05, 3.63) is 78.6 Å². The van der Waals surface area contributed by atoms with Gasteiger partial charge in [-0.05, 0) is 58.5 Å². The number of nitro groups is 1. The first-order chi connectivity index (χ1) is 13.7. The third-order valence-electron chi connectivity index (χ3n) is 4.07. The van der Waals surface area contributed by atoms with E-state index < -0.39 is 22.4 Å². The van der Waals surface area contributed by atoms with E-state index in [1.807, 2.05) is 0 Å². The van der Waals surface area contributed by atoms with Gasteiger partial charge in [-0.3, -0.25) is 10.1 Å². The molecule has 0 aliphatic rings. The maximum absolute atomic E-state index is 14.8. The highest BCUT2D eigenvalue weighted by Crippen LogP contribution is 2.38. The molecule has 0 radical (unpaired) electrons. The van der Waals surface area contributed by atoms with Crippen LogP contribution in [0.25, 0.3) is 11.1 Å². The SMILES string of the molecule is Nc1cc(-c2cc([N+](=O)[O-])cc(F)c2Nc2ccc(I)cc2Cl)ccc1C(=O)O. The highest BCUT2D eigenvalue weighted by atomic mass is 127. The highest BCUT2D eigenvalue weighted by molar-refractivity contribution is 14.1. The normalized spacial score (nSPS) is 10.6. The Balaban J connectivity index is 2.19. The number of carboxylic acid groups (broad SMARTS) is 1. The van der Waals surface area contributed by atoms with E-state index in [9.17, 15) is 19.3 Å². The van der Waals surface area contributed by atoms with E-state index in [0.717, 1.165) is 9.64 Å². The first-order valence-electron chi connectivity index (χ1n) is 8.00. The van der Waals surface area contributed by atoms with Gasteiger partial charge in [0.2, 0.25) is 0 Å². The number of nitrogens with zero attached hydrogens (tertiary/aromatic N) is 1. The van der Waals surface area contributed by atoms with Crippen LogP contribution in [0.4, 0.5) is 27.1 Å². The molecule has 0 aliphatic heterocycles. The number of nitro benzene ring substituents is 1. The van der Waals surface area contributed by atoms with Gasteiger partial charge in [-0.15, -0.1) is 0 Å². The van der Waals surface area contributed by atoms with Gasteiger partial charge in [-0.25, -0.2) is 9.18 Å². The lowest BCUT2D eigenvalue weighted by Crippen LogP contribution is -2.03. The van der Waals surface area contributed by atoms with E-state index in [1.165, 1.54) is 24.3 Å². The number of nitrogens with one attached hydrogen (secondary N) is 1. The van der Waals surface area contributed by atoms with Gasteiger partial charge in [-0.2, -0.15) is 0 Å². The molecule has 148 valence electrons. The van der Waals surface area contributed by atoms with Gasteiger partial charge in [0, 0.05) is 20.9 Å². The second-order valence-corrected chi connectivity index (χ2v) is 7.62. The third-order valence-corrected chi connectivity index (χ3v) is 5.05. The zero-order valence-electron chi connectivity index (χ0n) is 14.4. The minimum atomic E-state index is -1.22. The number of benzene rings is 3. The van der Waals surface area contributed by atoms with Crippen LogP contribution in [-0.2, 0) is 0 Å². The number of carboxylic acids is 1. The van der Waals surface area contributed by atoms with Crippen molar-refractivity contribution in [3.8, 4) is 11.1 Å². The molecule has 0 saturated heterocycles. The van der Waals surface area contributed by atoms with Crippen LogP contribution in [0, 0.1) is 19.5 Å².